The van der Waals surface area contributed by atoms with E-state index < -0.39 is 0 Å². The maximum absolute atomic E-state index is 12.7. The number of amides is 1. The van der Waals surface area contributed by atoms with E-state index in [9.17, 15) is 10.1 Å². The summed E-state index contributed by atoms with van der Waals surface area (Å²) in [6.45, 7) is 4.95. The molecular formula is C21H23N3OS. The van der Waals surface area contributed by atoms with Crippen LogP contribution in [0.15, 0.2) is 41.4 Å². The molecule has 0 bridgehead atoms. The van der Waals surface area contributed by atoms with Gasteiger partial charge in [0, 0.05) is 30.1 Å². The second-order valence-corrected chi connectivity index (χ2v) is 7.82. The number of thioether (sulfide) groups is 1. The fourth-order valence-corrected chi connectivity index (χ4v) is 4.04. The van der Waals surface area contributed by atoms with Crippen molar-refractivity contribution in [2.24, 2.45) is 0 Å². The van der Waals surface area contributed by atoms with E-state index in [1.807, 2.05) is 35.2 Å². The summed E-state index contributed by atoms with van der Waals surface area (Å²) < 4.78 is 0. The number of nitrogens with zero attached hydrogens (tertiary/aromatic N) is 3. The normalized spacial score (nSPS) is 13.4. The Balaban J connectivity index is 1.65. The van der Waals surface area contributed by atoms with Crippen LogP contribution in [0.2, 0.25) is 0 Å². The minimum absolute atomic E-state index is 0.142. The smallest absolute Gasteiger partial charge is 0.227 e. The Morgan fingerprint density at radius 2 is 2.12 bits per heavy atom. The average molecular weight is 366 g/mol. The van der Waals surface area contributed by atoms with Crippen molar-refractivity contribution in [3.05, 3.63) is 53.2 Å². The Kier molecular flexibility index (Phi) is 5.95. The van der Waals surface area contributed by atoms with Gasteiger partial charge in [-0.1, -0.05) is 32.0 Å². The second-order valence-electron chi connectivity index (χ2n) is 6.73. The van der Waals surface area contributed by atoms with Gasteiger partial charge >= 0.3 is 0 Å². The number of aryl methyl sites for hydroxylation is 1. The lowest BCUT2D eigenvalue weighted by molar-refractivity contribution is -0.118. The van der Waals surface area contributed by atoms with Crippen molar-refractivity contribution >= 4 is 23.4 Å². The molecule has 134 valence electrons. The first-order chi connectivity index (χ1) is 12.6. The van der Waals surface area contributed by atoms with Gasteiger partial charge in [0.05, 0.1) is 5.56 Å². The van der Waals surface area contributed by atoms with E-state index in [4.69, 9.17) is 0 Å². The number of hydrogen-bond acceptors (Lipinski definition) is 4. The molecule has 1 amide bonds. The van der Waals surface area contributed by atoms with Crippen LogP contribution in [0.4, 0.5) is 5.69 Å². The van der Waals surface area contributed by atoms with E-state index in [0.717, 1.165) is 35.8 Å². The molecular weight excluding hydrogens is 342 g/mol. The highest BCUT2D eigenvalue weighted by atomic mass is 32.2. The summed E-state index contributed by atoms with van der Waals surface area (Å²) in [5, 5.41) is 10.0. The van der Waals surface area contributed by atoms with Gasteiger partial charge < -0.3 is 4.90 Å². The van der Waals surface area contributed by atoms with Crippen LogP contribution in [0.25, 0.3) is 0 Å². The molecule has 1 aliphatic rings. The van der Waals surface area contributed by atoms with Crippen LogP contribution in [-0.4, -0.2) is 23.2 Å². The average Bonchev–Trinajstić information content (AvgIpc) is 2.67. The quantitative estimate of drug-likeness (QED) is 0.730. The van der Waals surface area contributed by atoms with Crippen molar-refractivity contribution in [1.29, 1.82) is 5.26 Å². The molecule has 0 aliphatic carbocycles. The molecule has 1 aromatic heterocycles. The number of rotatable bonds is 5. The first kappa shape index (κ1) is 18.5. The van der Waals surface area contributed by atoms with E-state index in [1.165, 1.54) is 17.3 Å². The highest BCUT2D eigenvalue weighted by Gasteiger charge is 2.21. The first-order valence-electron chi connectivity index (χ1n) is 9.02. The molecule has 0 saturated carbocycles. The second kappa shape index (κ2) is 8.37. The van der Waals surface area contributed by atoms with Gasteiger partial charge in [-0.05, 0) is 42.5 Å². The minimum atomic E-state index is 0.142. The van der Waals surface area contributed by atoms with Crippen molar-refractivity contribution in [2.75, 3.05) is 17.2 Å². The van der Waals surface area contributed by atoms with Gasteiger partial charge in [0.1, 0.15) is 11.1 Å². The Hall–Kier alpha value is -2.32. The number of carbonyl (C=O) groups excluding carboxylic acids is 1. The van der Waals surface area contributed by atoms with Crippen molar-refractivity contribution in [3.8, 4) is 6.07 Å². The van der Waals surface area contributed by atoms with E-state index in [0.29, 0.717) is 23.7 Å². The van der Waals surface area contributed by atoms with Gasteiger partial charge in [-0.15, -0.1) is 11.8 Å². The number of aromatic nitrogens is 1. The molecule has 0 N–H and O–H groups in total. The van der Waals surface area contributed by atoms with Crippen molar-refractivity contribution < 1.29 is 4.79 Å². The Morgan fingerprint density at radius 1 is 1.31 bits per heavy atom. The standard InChI is InChI=1S/C21H23N3OS/c1-15(2)18-10-9-17(14-22)21(23-18)26-13-11-20(25)24-12-5-7-16-6-3-4-8-19(16)24/h3-4,6,8-10,15H,5,7,11-13H2,1-2H3. The SMILES string of the molecule is CC(C)c1ccc(C#N)c(SCCC(=O)N2CCCc3ccccc32)n1. The highest BCUT2D eigenvalue weighted by Crippen LogP contribution is 2.28. The maximum Gasteiger partial charge on any atom is 0.227 e. The molecule has 1 aliphatic heterocycles. The summed E-state index contributed by atoms with van der Waals surface area (Å²) in [4.78, 5) is 19.2. The lowest BCUT2D eigenvalue weighted by atomic mass is 10.0. The molecule has 0 unspecified atom stereocenters. The summed E-state index contributed by atoms with van der Waals surface area (Å²) in [5.41, 5.74) is 3.85. The molecule has 3 rings (SSSR count). The molecule has 1 aromatic carbocycles. The third kappa shape index (κ3) is 4.08. The summed E-state index contributed by atoms with van der Waals surface area (Å²) in [7, 11) is 0. The predicted molar refractivity (Wildman–Crippen MR) is 105 cm³/mol. The van der Waals surface area contributed by atoms with Crippen molar-refractivity contribution in [3.63, 3.8) is 0 Å². The summed E-state index contributed by atoms with van der Waals surface area (Å²) in [6, 6.07) is 14.1. The molecule has 2 heterocycles. The largest absolute Gasteiger partial charge is 0.312 e. The number of hydrogen-bond donors (Lipinski definition) is 0. The van der Waals surface area contributed by atoms with Crippen LogP contribution in [0.1, 0.15) is 49.4 Å². The Bertz CT molecular complexity index is 841. The third-order valence-corrected chi connectivity index (χ3v) is 5.55. The third-order valence-electron chi connectivity index (χ3n) is 4.56. The van der Waals surface area contributed by atoms with Crippen molar-refractivity contribution in [2.45, 2.75) is 44.1 Å². The molecule has 0 spiro atoms. The summed E-state index contributed by atoms with van der Waals surface area (Å²) in [5.74, 6) is 1.08. The zero-order chi connectivity index (χ0) is 18.5. The number of pyridine rings is 1. The molecule has 5 heteroatoms. The lowest BCUT2D eigenvalue weighted by Gasteiger charge is -2.29. The van der Waals surface area contributed by atoms with E-state index in [1.54, 1.807) is 0 Å². The van der Waals surface area contributed by atoms with E-state index in [-0.39, 0.29) is 5.91 Å². The number of nitriles is 1. The molecule has 26 heavy (non-hydrogen) atoms. The van der Waals surface area contributed by atoms with Gasteiger partial charge in [-0.2, -0.15) is 5.26 Å². The van der Waals surface area contributed by atoms with Crippen molar-refractivity contribution in [1.82, 2.24) is 4.98 Å². The molecule has 4 nitrogen and oxygen atoms in total. The van der Waals surface area contributed by atoms with E-state index >= 15 is 0 Å². The predicted octanol–water partition coefficient (Wildman–Crippen LogP) is 4.54. The van der Waals surface area contributed by atoms with Gasteiger partial charge in [0.25, 0.3) is 0 Å². The Labute approximate surface area is 159 Å². The monoisotopic (exact) mass is 365 g/mol. The minimum Gasteiger partial charge on any atom is -0.312 e. The summed E-state index contributed by atoms with van der Waals surface area (Å²) >= 11 is 1.50. The maximum atomic E-state index is 12.7. The van der Waals surface area contributed by atoms with Crippen LogP contribution in [0, 0.1) is 11.3 Å². The number of benzene rings is 1. The number of carbonyl (C=O) groups is 1. The van der Waals surface area contributed by atoms with Crippen LogP contribution < -0.4 is 4.90 Å². The highest BCUT2D eigenvalue weighted by molar-refractivity contribution is 7.99. The number of fused-ring (bicyclic) bond motifs is 1. The topological polar surface area (TPSA) is 57.0 Å². The molecule has 0 atom stereocenters. The van der Waals surface area contributed by atoms with Crippen LogP contribution in [-0.2, 0) is 11.2 Å². The molecule has 0 radical (unpaired) electrons. The van der Waals surface area contributed by atoms with Crippen LogP contribution >= 0.6 is 11.8 Å². The fraction of sp³-hybridized carbons (Fsp3) is 0.381. The van der Waals surface area contributed by atoms with Crippen LogP contribution in [0.3, 0.4) is 0 Å². The van der Waals surface area contributed by atoms with Crippen LogP contribution in [0.5, 0.6) is 0 Å². The molecule has 2 aromatic rings. The zero-order valence-electron chi connectivity index (χ0n) is 15.2. The first-order valence-corrected chi connectivity index (χ1v) is 10.0. The fourth-order valence-electron chi connectivity index (χ4n) is 3.13. The molecule has 0 saturated heterocycles. The lowest BCUT2D eigenvalue weighted by Crippen LogP contribution is -2.35. The zero-order valence-corrected chi connectivity index (χ0v) is 16.1. The van der Waals surface area contributed by atoms with E-state index in [2.05, 4.69) is 31.0 Å². The van der Waals surface area contributed by atoms with Gasteiger partial charge in [0.2, 0.25) is 5.91 Å². The number of anilines is 1. The Morgan fingerprint density at radius 3 is 2.88 bits per heavy atom. The van der Waals surface area contributed by atoms with Gasteiger partial charge in [-0.3, -0.25) is 4.79 Å². The van der Waals surface area contributed by atoms with Gasteiger partial charge in [0.15, 0.2) is 0 Å². The number of para-hydroxylation sites is 1. The summed E-state index contributed by atoms with van der Waals surface area (Å²) in [6.07, 6.45) is 2.48. The van der Waals surface area contributed by atoms with Gasteiger partial charge in [-0.25, -0.2) is 4.98 Å². The molecule has 0 fully saturated rings.